The lowest BCUT2D eigenvalue weighted by Crippen LogP contribution is -1.93. The Bertz CT molecular complexity index is 270. The molecular formula is C10H12O2. The van der Waals surface area contributed by atoms with Crippen molar-refractivity contribution in [2.45, 2.75) is 19.8 Å². The second kappa shape index (κ2) is 3.90. The van der Waals surface area contributed by atoms with E-state index in [0.29, 0.717) is 0 Å². The molecule has 0 bridgehead atoms. The van der Waals surface area contributed by atoms with E-state index in [4.69, 9.17) is 5.11 Å². The standard InChI is InChI=1S/C10H12O2/c1-2-8-4-3-5-9(6-8)7-10(11)12/h3-4,6-7H,2,5H2,1H3,(H,11,12)/b9-7-. The summed E-state index contributed by atoms with van der Waals surface area (Å²) in [4.78, 5) is 10.3. The Balaban J connectivity index is 2.78. The highest BCUT2D eigenvalue weighted by Crippen LogP contribution is 2.17. The zero-order chi connectivity index (χ0) is 8.97. The van der Waals surface area contributed by atoms with Crippen LogP contribution in [0, 0.1) is 0 Å². The predicted octanol–water partition coefficient (Wildman–Crippen LogP) is 2.29. The van der Waals surface area contributed by atoms with Crippen LogP contribution in [0.1, 0.15) is 19.8 Å². The summed E-state index contributed by atoms with van der Waals surface area (Å²) in [6.07, 6.45) is 8.92. The summed E-state index contributed by atoms with van der Waals surface area (Å²) < 4.78 is 0. The fourth-order valence-corrected chi connectivity index (χ4v) is 1.17. The van der Waals surface area contributed by atoms with Gasteiger partial charge in [-0.2, -0.15) is 0 Å². The minimum absolute atomic E-state index is 0.732. The molecule has 0 aromatic carbocycles. The van der Waals surface area contributed by atoms with Gasteiger partial charge in [0.2, 0.25) is 0 Å². The molecule has 0 fully saturated rings. The van der Waals surface area contributed by atoms with Gasteiger partial charge in [-0.05, 0) is 24.0 Å². The Kier molecular flexibility index (Phi) is 2.86. The molecule has 0 saturated carbocycles. The molecule has 2 nitrogen and oxygen atoms in total. The summed E-state index contributed by atoms with van der Waals surface area (Å²) >= 11 is 0. The quantitative estimate of drug-likeness (QED) is 0.636. The van der Waals surface area contributed by atoms with Crippen molar-refractivity contribution in [1.82, 2.24) is 0 Å². The van der Waals surface area contributed by atoms with Gasteiger partial charge in [-0.3, -0.25) is 0 Å². The van der Waals surface area contributed by atoms with E-state index in [-0.39, 0.29) is 0 Å². The predicted molar refractivity (Wildman–Crippen MR) is 47.8 cm³/mol. The number of hydrogen-bond acceptors (Lipinski definition) is 1. The van der Waals surface area contributed by atoms with Gasteiger partial charge in [0.25, 0.3) is 0 Å². The van der Waals surface area contributed by atoms with Gasteiger partial charge in [-0.25, -0.2) is 4.79 Å². The van der Waals surface area contributed by atoms with Crippen molar-refractivity contribution in [3.63, 3.8) is 0 Å². The molecule has 0 saturated heterocycles. The van der Waals surface area contributed by atoms with Crippen molar-refractivity contribution in [3.05, 3.63) is 35.5 Å². The number of carbonyl (C=O) groups is 1. The molecule has 1 N–H and O–H groups in total. The molecule has 0 radical (unpaired) electrons. The van der Waals surface area contributed by atoms with Crippen molar-refractivity contribution < 1.29 is 9.90 Å². The fourth-order valence-electron chi connectivity index (χ4n) is 1.17. The van der Waals surface area contributed by atoms with Crippen LogP contribution in [0.2, 0.25) is 0 Å². The maximum Gasteiger partial charge on any atom is 0.328 e. The lowest BCUT2D eigenvalue weighted by molar-refractivity contribution is -0.131. The SMILES string of the molecule is CCC1=C/C(=C\C(=O)O)CC=C1. The first-order valence-corrected chi connectivity index (χ1v) is 4.03. The van der Waals surface area contributed by atoms with Crippen molar-refractivity contribution in [3.8, 4) is 0 Å². The highest BCUT2D eigenvalue weighted by Gasteiger charge is 2.01. The lowest BCUT2D eigenvalue weighted by atomic mass is 10.0. The smallest absolute Gasteiger partial charge is 0.328 e. The third-order valence-electron chi connectivity index (χ3n) is 1.77. The normalized spacial score (nSPS) is 19.4. The Morgan fingerprint density at radius 3 is 3.08 bits per heavy atom. The van der Waals surface area contributed by atoms with Crippen molar-refractivity contribution in [2.24, 2.45) is 0 Å². The third kappa shape index (κ3) is 2.38. The van der Waals surface area contributed by atoms with E-state index < -0.39 is 5.97 Å². The lowest BCUT2D eigenvalue weighted by Gasteiger charge is -2.06. The van der Waals surface area contributed by atoms with E-state index in [2.05, 4.69) is 6.92 Å². The van der Waals surface area contributed by atoms with Crippen LogP contribution < -0.4 is 0 Å². The molecule has 12 heavy (non-hydrogen) atoms. The monoisotopic (exact) mass is 164 g/mol. The fraction of sp³-hybridized carbons (Fsp3) is 0.300. The van der Waals surface area contributed by atoms with Gasteiger partial charge in [0.15, 0.2) is 0 Å². The summed E-state index contributed by atoms with van der Waals surface area (Å²) in [5, 5.41) is 8.49. The molecule has 0 aliphatic heterocycles. The van der Waals surface area contributed by atoms with Crippen molar-refractivity contribution >= 4 is 5.97 Å². The van der Waals surface area contributed by atoms with Gasteiger partial charge < -0.3 is 5.11 Å². The van der Waals surface area contributed by atoms with Crippen LogP contribution in [-0.2, 0) is 4.79 Å². The summed E-state index contributed by atoms with van der Waals surface area (Å²) in [5.74, 6) is -0.869. The number of aliphatic carboxylic acids is 1. The summed E-state index contributed by atoms with van der Waals surface area (Å²) in [5.41, 5.74) is 2.07. The molecular weight excluding hydrogens is 152 g/mol. The second-order valence-corrected chi connectivity index (χ2v) is 2.74. The molecule has 1 rings (SSSR count). The Hall–Kier alpha value is -1.31. The van der Waals surface area contributed by atoms with Crippen molar-refractivity contribution in [2.75, 3.05) is 0 Å². The second-order valence-electron chi connectivity index (χ2n) is 2.74. The molecule has 1 aliphatic rings. The minimum atomic E-state index is -0.869. The molecule has 0 aromatic rings. The van der Waals surface area contributed by atoms with Crippen LogP contribution in [0.4, 0.5) is 0 Å². The zero-order valence-corrected chi connectivity index (χ0v) is 7.08. The van der Waals surface area contributed by atoms with Crippen LogP contribution in [0.15, 0.2) is 35.5 Å². The van der Waals surface area contributed by atoms with Gasteiger partial charge >= 0.3 is 5.97 Å². The van der Waals surface area contributed by atoms with Crippen LogP contribution in [0.3, 0.4) is 0 Å². The molecule has 0 atom stereocenters. The van der Waals surface area contributed by atoms with Gasteiger partial charge in [0.05, 0.1) is 0 Å². The number of allylic oxidation sites excluding steroid dienone is 5. The average Bonchev–Trinajstić information content (AvgIpc) is 2.03. The molecule has 64 valence electrons. The minimum Gasteiger partial charge on any atom is -0.478 e. The summed E-state index contributed by atoms with van der Waals surface area (Å²) in [6.45, 7) is 2.06. The van der Waals surface area contributed by atoms with Gasteiger partial charge in [-0.15, -0.1) is 0 Å². The maximum atomic E-state index is 10.3. The van der Waals surface area contributed by atoms with E-state index in [1.54, 1.807) is 0 Å². The first kappa shape index (κ1) is 8.78. The number of rotatable bonds is 2. The molecule has 0 aromatic heterocycles. The Morgan fingerprint density at radius 2 is 2.50 bits per heavy atom. The summed E-state index contributed by atoms with van der Waals surface area (Å²) in [7, 11) is 0. The maximum absolute atomic E-state index is 10.3. The highest BCUT2D eigenvalue weighted by molar-refractivity contribution is 5.81. The summed E-state index contributed by atoms with van der Waals surface area (Å²) in [6, 6.07) is 0. The number of carboxylic acid groups (broad SMARTS) is 1. The molecule has 0 unspecified atom stereocenters. The van der Waals surface area contributed by atoms with Gasteiger partial charge in [-0.1, -0.05) is 25.2 Å². The van der Waals surface area contributed by atoms with Crippen LogP contribution in [0.25, 0.3) is 0 Å². The number of hydrogen-bond donors (Lipinski definition) is 1. The first-order valence-electron chi connectivity index (χ1n) is 4.03. The molecule has 0 spiro atoms. The van der Waals surface area contributed by atoms with E-state index in [9.17, 15) is 4.79 Å². The zero-order valence-electron chi connectivity index (χ0n) is 7.08. The van der Waals surface area contributed by atoms with E-state index in [1.807, 2.05) is 18.2 Å². The van der Waals surface area contributed by atoms with E-state index >= 15 is 0 Å². The molecule has 0 heterocycles. The van der Waals surface area contributed by atoms with Crippen LogP contribution in [0.5, 0.6) is 0 Å². The first-order chi connectivity index (χ1) is 5.72. The topological polar surface area (TPSA) is 37.3 Å². The number of carboxylic acids is 1. The average molecular weight is 164 g/mol. The van der Waals surface area contributed by atoms with Crippen molar-refractivity contribution in [1.29, 1.82) is 0 Å². The molecule has 2 heteroatoms. The van der Waals surface area contributed by atoms with Crippen LogP contribution >= 0.6 is 0 Å². The van der Waals surface area contributed by atoms with Gasteiger partial charge in [0.1, 0.15) is 0 Å². The van der Waals surface area contributed by atoms with Crippen LogP contribution in [-0.4, -0.2) is 11.1 Å². The Morgan fingerprint density at radius 1 is 1.75 bits per heavy atom. The largest absolute Gasteiger partial charge is 0.478 e. The highest BCUT2D eigenvalue weighted by atomic mass is 16.4. The molecule has 0 amide bonds. The van der Waals surface area contributed by atoms with E-state index in [0.717, 1.165) is 18.4 Å². The van der Waals surface area contributed by atoms with Gasteiger partial charge in [0, 0.05) is 6.08 Å². The third-order valence-corrected chi connectivity index (χ3v) is 1.77. The van der Waals surface area contributed by atoms with E-state index in [1.165, 1.54) is 11.6 Å². The Labute approximate surface area is 71.9 Å². The molecule has 1 aliphatic carbocycles.